The highest BCUT2D eigenvalue weighted by atomic mass is 32.2. The molecule has 1 aromatic rings. The smallest absolute Gasteiger partial charge is 0.255 e. The van der Waals surface area contributed by atoms with E-state index in [0.29, 0.717) is 12.2 Å². The third-order valence-corrected chi connectivity index (χ3v) is 7.10. The lowest BCUT2D eigenvalue weighted by Gasteiger charge is -2.27. The third kappa shape index (κ3) is 4.60. The van der Waals surface area contributed by atoms with Gasteiger partial charge >= 0.3 is 0 Å². The maximum Gasteiger partial charge on any atom is 0.255 e. The summed E-state index contributed by atoms with van der Waals surface area (Å²) in [7, 11) is -3.67. The minimum absolute atomic E-state index is 0.0651. The SMILES string of the molecule is CSc1ccc(S(=O)(=O)NC[C@@H]2CCCO2)cc1C(=O)N1CCCCC1. The summed E-state index contributed by atoms with van der Waals surface area (Å²) in [5, 5.41) is 0. The van der Waals surface area contributed by atoms with E-state index in [1.54, 1.807) is 12.1 Å². The van der Waals surface area contributed by atoms with Crippen molar-refractivity contribution in [2.24, 2.45) is 0 Å². The molecule has 1 aromatic carbocycles. The summed E-state index contributed by atoms with van der Waals surface area (Å²) in [5.74, 6) is -0.0785. The maximum atomic E-state index is 12.9. The van der Waals surface area contributed by atoms with Crippen molar-refractivity contribution in [1.82, 2.24) is 9.62 Å². The highest BCUT2D eigenvalue weighted by molar-refractivity contribution is 7.98. The molecule has 1 atom stereocenters. The molecule has 0 radical (unpaired) electrons. The summed E-state index contributed by atoms with van der Waals surface area (Å²) in [6.45, 7) is 2.42. The monoisotopic (exact) mass is 398 g/mol. The first-order chi connectivity index (χ1) is 12.5. The molecule has 3 rings (SSSR count). The number of likely N-dealkylation sites (tertiary alicyclic amines) is 1. The number of hydrogen-bond acceptors (Lipinski definition) is 5. The fraction of sp³-hybridized carbons (Fsp3) is 0.611. The zero-order valence-corrected chi connectivity index (χ0v) is 16.7. The number of carbonyl (C=O) groups is 1. The molecule has 6 nitrogen and oxygen atoms in total. The summed E-state index contributed by atoms with van der Waals surface area (Å²) < 4.78 is 33.4. The molecule has 0 saturated carbocycles. The first-order valence-corrected chi connectivity index (χ1v) is 11.8. The maximum absolute atomic E-state index is 12.9. The second-order valence-electron chi connectivity index (χ2n) is 6.70. The molecule has 0 bridgehead atoms. The molecule has 144 valence electrons. The molecule has 0 aliphatic carbocycles. The van der Waals surface area contributed by atoms with Crippen LogP contribution in [0.3, 0.4) is 0 Å². The molecule has 1 N–H and O–H groups in total. The summed E-state index contributed by atoms with van der Waals surface area (Å²) in [4.78, 5) is 15.7. The molecule has 0 unspecified atom stereocenters. The summed E-state index contributed by atoms with van der Waals surface area (Å²) in [6.07, 6.45) is 6.80. The van der Waals surface area contributed by atoms with E-state index in [2.05, 4.69) is 4.72 Å². The molecule has 2 saturated heterocycles. The van der Waals surface area contributed by atoms with Gasteiger partial charge in [0.25, 0.3) is 5.91 Å². The van der Waals surface area contributed by atoms with Gasteiger partial charge in [-0.2, -0.15) is 0 Å². The van der Waals surface area contributed by atoms with Crippen molar-refractivity contribution < 1.29 is 17.9 Å². The van der Waals surface area contributed by atoms with E-state index in [1.807, 2.05) is 11.2 Å². The Morgan fingerprint density at radius 2 is 2.04 bits per heavy atom. The highest BCUT2D eigenvalue weighted by Gasteiger charge is 2.25. The van der Waals surface area contributed by atoms with Crippen LogP contribution in [0.1, 0.15) is 42.5 Å². The number of sulfonamides is 1. The Bertz CT molecular complexity index is 740. The van der Waals surface area contributed by atoms with Gasteiger partial charge in [-0.15, -0.1) is 11.8 Å². The van der Waals surface area contributed by atoms with Crippen LogP contribution in [0.2, 0.25) is 0 Å². The van der Waals surface area contributed by atoms with E-state index in [1.165, 1.54) is 17.8 Å². The average molecular weight is 399 g/mol. The van der Waals surface area contributed by atoms with Gasteiger partial charge in [0.05, 0.1) is 16.6 Å². The van der Waals surface area contributed by atoms with E-state index in [4.69, 9.17) is 4.74 Å². The number of amides is 1. The molecule has 8 heteroatoms. The highest BCUT2D eigenvalue weighted by Crippen LogP contribution is 2.26. The van der Waals surface area contributed by atoms with Gasteiger partial charge in [0.2, 0.25) is 10.0 Å². The number of benzene rings is 1. The number of hydrogen-bond donors (Lipinski definition) is 1. The van der Waals surface area contributed by atoms with E-state index >= 15 is 0 Å². The van der Waals surface area contributed by atoms with Crippen molar-refractivity contribution in [3.05, 3.63) is 23.8 Å². The van der Waals surface area contributed by atoms with E-state index in [0.717, 1.165) is 50.1 Å². The molecule has 0 aromatic heterocycles. The van der Waals surface area contributed by atoms with Crippen molar-refractivity contribution in [3.63, 3.8) is 0 Å². The van der Waals surface area contributed by atoms with Gasteiger partial charge in [0.1, 0.15) is 0 Å². The largest absolute Gasteiger partial charge is 0.377 e. The van der Waals surface area contributed by atoms with E-state index in [-0.39, 0.29) is 23.5 Å². The number of carbonyl (C=O) groups excluding carboxylic acids is 1. The second kappa shape index (κ2) is 8.73. The normalized spacial score (nSPS) is 21.1. The topological polar surface area (TPSA) is 75.7 Å². The number of nitrogens with one attached hydrogen (secondary N) is 1. The van der Waals surface area contributed by atoms with Crippen molar-refractivity contribution in [1.29, 1.82) is 0 Å². The summed E-state index contributed by atoms with van der Waals surface area (Å²) in [6, 6.07) is 4.81. The zero-order chi connectivity index (χ0) is 18.6. The number of nitrogens with zero attached hydrogens (tertiary/aromatic N) is 1. The molecule has 2 heterocycles. The van der Waals surface area contributed by atoms with Crippen LogP contribution in [0.5, 0.6) is 0 Å². The molecule has 26 heavy (non-hydrogen) atoms. The van der Waals surface area contributed by atoms with Crippen molar-refractivity contribution in [2.45, 2.75) is 48.0 Å². The fourth-order valence-corrected chi connectivity index (χ4v) is 5.04. The Hall–Kier alpha value is -1.09. The lowest BCUT2D eigenvalue weighted by molar-refractivity contribution is 0.0720. The van der Waals surface area contributed by atoms with Crippen LogP contribution in [0, 0.1) is 0 Å². The zero-order valence-electron chi connectivity index (χ0n) is 15.1. The van der Waals surface area contributed by atoms with Crippen LogP contribution in [-0.2, 0) is 14.8 Å². The van der Waals surface area contributed by atoms with Gasteiger partial charge in [-0.3, -0.25) is 4.79 Å². The van der Waals surface area contributed by atoms with Gasteiger partial charge < -0.3 is 9.64 Å². The number of ether oxygens (including phenoxy) is 1. The Balaban J connectivity index is 1.80. The Kier molecular flexibility index (Phi) is 6.60. The molecular weight excluding hydrogens is 372 g/mol. The van der Waals surface area contributed by atoms with Gasteiger partial charge in [0.15, 0.2) is 0 Å². The van der Waals surface area contributed by atoms with Gasteiger partial charge in [0, 0.05) is 31.1 Å². The molecule has 2 fully saturated rings. The molecule has 2 aliphatic heterocycles. The van der Waals surface area contributed by atoms with Gasteiger partial charge in [-0.1, -0.05) is 0 Å². The standard InChI is InChI=1S/C18H26N2O4S2/c1-25-17-8-7-15(26(22,23)19-13-14-6-5-11-24-14)12-16(17)18(21)20-9-3-2-4-10-20/h7-8,12,14,19H,2-6,9-11,13H2,1H3/t14-/m0/s1. The average Bonchev–Trinajstić information content (AvgIpc) is 3.20. The van der Waals surface area contributed by atoms with Crippen LogP contribution in [0.25, 0.3) is 0 Å². The summed E-state index contributed by atoms with van der Waals surface area (Å²) in [5.41, 5.74) is 0.472. The predicted octanol–water partition coefficient (Wildman–Crippen LogP) is 2.49. The third-order valence-electron chi connectivity index (χ3n) is 4.88. The lowest BCUT2D eigenvalue weighted by Crippen LogP contribution is -2.36. The Morgan fingerprint density at radius 3 is 2.69 bits per heavy atom. The number of thioether (sulfide) groups is 1. The van der Waals surface area contributed by atoms with Crippen LogP contribution < -0.4 is 4.72 Å². The second-order valence-corrected chi connectivity index (χ2v) is 9.32. The van der Waals surface area contributed by atoms with Crippen molar-refractivity contribution in [2.75, 3.05) is 32.5 Å². The van der Waals surface area contributed by atoms with E-state index in [9.17, 15) is 13.2 Å². The number of rotatable bonds is 6. The van der Waals surface area contributed by atoms with Gasteiger partial charge in [-0.05, 0) is 56.6 Å². The first-order valence-electron chi connectivity index (χ1n) is 9.10. The Labute approximate surface area is 159 Å². The predicted molar refractivity (Wildman–Crippen MR) is 102 cm³/mol. The first kappa shape index (κ1) is 19.7. The van der Waals surface area contributed by atoms with Crippen molar-refractivity contribution >= 4 is 27.7 Å². The minimum Gasteiger partial charge on any atom is -0.377 e. The van der Waals surface area contributed by atoms with E-state index < -0.39 is 10.0 Å². The van der Waals surface area contributed by atoms with Crippen LogP contribution in [0.15, 0.2) is 28.0 Å². The Morgan fingerprint density at radius 1 is 1.27 bits per heavy atom. The lowest BCUT2D eigenvalue weighted by atomic mass is 10.1. The van der Waals surface area contributed by atoms with Crippen LogP contribution in [0.4, 0.5) is 0 Å². The fourth-order valence-electron chi connectivity index (χ4n) is 3.38. The van der Waals surface area contributed by atoms with Crippen LogP contribution in [-0.4, -0.2) is 57.8 Å². The van der Waals surface area contributed by atoms with Crippen LogP contribution >= 0.6 is 11.8 Å². The number of piperidine rings is 1. The molecule has 0 spiro atoms. The molecular formula is C18H26N2O4S2. The minimum atomic E-state index is -3.67. The molecule has 2 aliphatic rings. The molecule has 1 amide bonds. The summed E-state index contributed by atoms with van der Waals surface area (Å²) >= 11 is 1.46. The van der Waals surface area contributed by atoms with Crippen molar-refractivity contribution in [3.8, 4) is 0 Å². The van der Waals surface area contributed by atoms with Gasteiger partial charge in [-0.25, -0.2) is 13.1 Å². The quantitative estimate of drug-likeness (QED) is 0.745.